The van der Waals surface area contributed by atoms with E-state index in [1.807, 2.05) is 61.5 Å². The van der Waals surface area contributed by atoms with Crippen LogP contribution < -0.4 is 10.2 Å². The predicted octanol–water partition coefficient (Wildman–Crippen LogP) is 4.99. The maximum atomic E-state index is 12.2. The molecule has 3 aromatic rings. The van der Waals surface area contributed by atoms with Crippen molar-refractivity contribution in [3.05, 3.63) is 100 Å². The van der Waals surface area contributed by atoms with Crippen LogP contribution in [-0.2, 0) is 6.61 Å². The Kier molecular flexibility index (Phi) is 6.23. The maximum absolute atomic E-state index is 12.2. The molecule has 0 heterocycles. The summed E-state index contributed by atoms with van der Waals surface area (Å²) in [6.45, 7) is 2.47. The van der Waals surface area contributed by atoms with E-state index < -0.39 is 0 Å². The van der Waals surface area contributed by atoms with Crippen molar-refractivity contribution in [1.29, 1.82) is 0 Å². The summed E-state index contributed by atoms with van der Waals surface area (Å²) in [5, 5.41) is 4.53. The van der Waals surface area contributed by atoms with Crippen molar-refractivity contribution in [3.8, 4) is 5.75 Å². The van der Waals surface area contributed by atoms with Gasteiger partial charge in [-0.2, -0.15) is 5.10 Å². The zero-order valence-corrected chi connectivity index (χ0v) is 15.6. The third-order valence-corrected chi connectivity index (χ3v) is 4.26. The number of hydrogen-bond acceptors (Lipinski definition) is 3. The summed E-state index contributed by atoms with van der Waals surface area (Å²) < 4.78 is 5.74. The minimum absolute atomic E-state index is 0.288. The average molecular weight is 379 g/mol. The Labute approximate surface area is 163 Å². The van der Waals surface area contributed by atoms with Crippen LogP contribution >= 0.6 is 11.6 Å². The van der Waals surface area contributed by atoms with Gasteiger partial charge in [-0.1, -0.05) is 59.6 Å². The lowest BCUT2D eigenvalue weighted by Crippen LogP contribution is -2.17. The van der Waals surface area contributed by atoms with Crippen molar-refractivity contribution in [2.45, 2.75) is 13.5 Å². The number of benzene rings is 3. The van der Waals surface area contributed by atoms with Crippen molar-refractivity contribution in [3.63, 3.8) is 0 Å². The van der Waals surface area contributed by atoms with Crippen LogP contribution in [0.15, 0.2) is 77.9 Å². The average Bonchev–Trinajstić information content (AvgIpc) is 2.69. The topological polar surface area (TPSA) is 50.7 Å². The first-order valence-electron chi connectivity index (χ1n) is 8.48. The van der Waals surface area contributed by atoms with Crippen LogP contribution in [-0.4, -0.2) is 12.1 Å². The van der Waals surface area contributed by atoms with E-state index in [0.717, 1.165) is 16.9 Å². The van der Waals surface area contributed by atoms with Gasteiger partial charge in [0.15, 0.2) is 0 Å². The van der Waals surface area contributed by atoms with Gasteiger partial charge in [0.2, 0.25) is 0 Å². The van der Waals surface area contributed by atoms with Gasteiger partial charge in [-0.25, -0.2) is 5.43 Å². The molecule has 3 rings (SSSR count). The van der Waals surface area contributed by atoms with Gasteiger partial charge in [0.05, 0.1) is 6.21 Å². The molecule has 5 heteroatoms. The van der Waals surface area contributed by atoms with Crippen LogP contribution in [0.5, 0.6) is 5.75 Å². The first kappa shape index (κ1) is 18.7. The Morgan fingerprint density at radius 1 is 1.04 bits per heavy atom. The fourth-order valence-electron chi connectivity index (χ4n) is 2.36. The van der Waals surface area contributed by atoms with Crippen LogP contribution in [0.4, 0.5) is 0 Å². The van der Waals surface area contributed by atoms with E-state index in [9.17, 15) is 4.79 Å². The van der Waals surface area contributed by atoms with Gasteiger partial charge >= 0.3 is 0 Å². The molecule has 0 aromatic heterocycles. The van der Waals surface area contributed by atoms with Crippen LogP contribution in [0.25, 0.3) is 0 Å². The molecule has 4 nitrogen and oxygen atoms in total. The van der Waals surface area contributed by atoms with Gasteiger partial charge in [0, 0.05) is 16.1 Å². The molecule has 0 radical (unpaired) electrons. The molecule has 3 aromatic carbocycles. The molecule has 0 unspecified atom stereocenters. The second kappa shape index (κ2) is 9.01. The molecule has 0 aliphatic rings. The number of hydrazone groups is 1. The zero-order valence-electron chi connectivity index (χ0n) is 14.9. The Morgan fingerprint density at radius 3 is 2.44 bits per heavy atom. The largest absolute Gasteiger partial charge is 0.489 e. The van der Waals surface area contributed by atoms with Gasteiger partial charge in [-0.15, -0.1) is 0 Å². The Balaban J connectivity index is 1.54. The quantitative estimate of drug-likeness (QED) is 0.485. The summed E-state index contributed by atoms with van der Waals surface area (Å²) in [6.07, 6.45) is 1.52. The molecule has 0 fully saturated rings. The van der Waals surface area contributed by atoms with Gasteiger partial charge in [0.1, 0.15) is 12.4 Å². The lowest BCUT2D eigenvalue weighted by Gasteiger charge is -2.07. The fourth-order valence-corrected chi connectivity index (χ4v) is 2.54. The highest BCUT2D eigenvalue weighted by atomic mass is 35.5. The summed E-state index contributed by atoms with van der Waals surface area (Å²) in [5.41, 5.74) is 5.92. The molecule has 0 spiro atoms. The monoisotopic (exact) mass is 378 g/mol. The van der Waals surface area contributed by atoms with Gasteiger partial charge in [-0.3, -0.25) is 4.79 Å². The molecule has 0 aliphatic heterocycles. The van der Waals surface area contributed by atoms with Crippen LogP contribution in [0.2, 0.25) is 5.02 Å². The molecule has 0 aliphatic carbocycles. The summed E-state index contributed by atoms with van der Waals surface area (Å²) in [4.78, 5) is 12.2. The number of halogens is 1. The number of rotatable bonds is 6. The lowest BCUT2D eigenvalue weighted by atomic mass is 10.1. The van der Waals surface area contributed by atoms with E-state index in [4.69, 9.17) is 16.3 Å². The van der Waals surface area contributed by atoms with Gasteiger partial charge in [0.25, 0.3) is 5.91 Å². The van der Waals surface area contributed by atoms with E-state index in [0.29, 0.717) is 17.2 Å². The molecular weight excluding hydrogens is 360 g/mol. The predicted molar refractivity (Wildman–Crippen MR) is 108 cm³/mol. The van der Waals surface area contributed by atoms with E-state index >= 15 is 0 Å². The van der Waals surface area contributed by atoms with E-state index in [-0.39, 0.29) is 5.91 Å². The molecule has 27 heavy (non-hydrogen) atoms. The van der Waals surface area contributed by atoms with Crippen LogP contribution in [0.3, 0.4) is 0 Å². The number of ether oxygens (including phenoxy) is 1. The van der Waals surface area contributed by atoms with Crippen molar-refractivity contribution in [1.82, 2.24) is 5.43 Å². The third kappa shape index (κ3) is 5.43. The second-order valence-corrected chi connectivity index (χ2v) is 6.43. The highest BCUT2D eigenvalue weighted by Crippen LogP contribution is 2.14. The Morgan fingerprint density at radius 2 is 1.74 bits per heavy atom. The van der Waals surface area contributed by atoms with E-state index in [1.54, 1.807) is 18.2 Å². The van der Waals surface area contributed by atoms with Crippen LogP contribution in [0, 0.1) is 6.92 Å². The number of carbonyl (C=O) groups excluding carboxylic acids is 1. The standard InChI is InChI=1S/C22H19ClN2O2/c1-16-6-12-20(13-7-16)27-15-17-8-10-18(11-9-17)22(26)25-24-14-19-4-2-3-5-21(19)23/h2-14H,15H2,1H3,(H,25,26)/b24-14+. The highest BCUT2D eigenvalue weighted by molar-refractivity contribution is 6.33. The third-order valence-electron chi connectivity index (χ3n) is 3.92. The number of hydrogen-bond donors (Lipinski definition) is 1. The lowest BCUT2D eigenvalue weighted by molar-refractivity contribution is 0.0955. The molecule has 1 amide bonds. The number of nitrogens with one attached hydrogen (secondary N) is 1. The molecule has 0 saturated heterocycles. The fraction of sp³-hybridized carbons (Fsp3) is 0.0909. The number of amides is 1. The first-order valence-corrected chi connectivity index (χ1v) is 8.86. The molecule has 0 bridgehead atoms. The van der Waals surface area contributed by atoms with E-state index in [1.165, 1.54) is 11.8 Å². The highest BCUT2D eigenvalue weighted by Gasteiger charge is 2.04. The Hall–Kier alpha value is -3.11. The zero-order chi connectivity index (χ0) is 19.1. The first-order chi connectivity index (χ1) is 13.1. The number of aryl methyl sites for hydroxylation is 1. The molecule has 0 saturated carbocycles. The molecule has 0 atom stereocenters. The smallest absolute Gasteiger partial charge is 0.271 e. The normalized spacial score (nSPS) is 10.7. The SMILES string of the molecule is Cc1ccc(OCc2ccc(C(=O)N/N=C/c3ccccc3Cl)cc2)cc1. The minimum Gasteiger partial charge on any atom is -0.489 e. The van der Waals surface area contributed by atoms with Crippen molar-refractivity contribution < 1.29 is 9.53 Å². The van der Waals surface area contributed by atoms with Crippen molar-refractivity contribution in [2.24, 2.45) is 5.10 Å². The molecule has 136 valence electrons. The second-order valence-electron chi connectivity index (χ2n) is 6.02. The minimum atomic E-state index is -0.288. The van der Waals surface area contributed by atoms with E-state index in [2.05, 4.69) is 10.5 Å². The van der Waals surface area contributed by atoms with Crippen molar-refractivity contribution >= 4 is 23.7 Å². The van der Waals surface area contributed by atoms with Crippen LogP contribution in [0.1, 0.15) is 27.0 Å². The summed E-state index contributed by atoms with van der Waals surface area (Å²) >= 11 is 6.04. The molecular formula is C22H19ClN2O2. The Bertz CT molecular complexity index is 935. The van der Waals surface area contributed by atoms with Crippen molar-refractivity contribution in [2.75, 3.05) is 0 Å². The summed E-state index contributed by atoms with van der Waals surface area (Å²) in [6, 6.07) is 22.4. The summed E-state index contributed by atoms with van der Waals surface area (Å²) in [5.74, 6) is 0.528. The van der Waals surface area contributed by atoms with Gasteiger partial charge < -0.3 is 4.74 Å². The van der Waals surface area contributed by atoms with Gasteiger partial charge in [-0.05, 0) is 42.8 Å². The number of carbonyl (C=O) groups is 1. The summed E-state index contributed by atoms with van der Waals surface area (Å²) in [7, 11) is 0. The molecule has 1 N–H and O–H groups in total. The number of nitrogens with zero attached hydrogens (tertiary/aromatic N) is 1. The maximum Gasteiger partial charge on any atom is 0.271 e.